The Labute approximate surface area is 162 Å². The Morgan fingerprint density at radius 1 is 1.19 bits per heavy atom. The smallest absolute Gasteiger partial charge is 0.227 e. The van der Waals surface area contributed by atoms with Crippen molar-refractivity contribution in [2.75, 3.05) is 19.6 Å². The Bertz CT molecular complexity index is 737. The van der Waals surface area contributed by atoms with Crippen LogP contribution in [0.25, 0.3) is 0 Å². The third-order valence-corrected chi connectivity index (χ3v) is 7.32. The van der Waals surface area contributed by atoms with Crippen LogP contribution >= 0.6 is 0 Å². The number of fused-ring (bicyclic) bond motifs is 1. The van der Waals surface area contributed by atoms with E-state index in [1.54, 1.807) is 0 Å². The number of rotatable bonds is 7. The third kappa shape index (κ3) is 3.28. The highest BCUT2D eigenvalue weighted by Crippen LogP contribution is 2.59. The quantitative estimate of drug-likeness (QED) is 0.802. The summed E-state index contributed by atoms with van der Waals surface area (Å²) in [7, 11) is 0. The molecule has 3 fully saturated rings. The first kappa shape index (κ1) is 18.5. The van der Waals surface area contributed by atoms with Gasteiger partial charge in [0.15, 0.2) is 0 Å². The van der Waals surface area contributed by atoms with Gasteiger partial charge in [-0.05, 0) is 48.1 Å². The highest BCUT2D eigenvalue weighted by Gasteiger charge is 2.61. The average Bonchev–Trinajstić information content (AvgIpc) is 3.58. The van der Waals surface area contributed by atoms with Crippen molar-refractivity contribution in [1.82, 2.24) is 10.2 Å². The van der Waals surface area contributed by atoms with E-state index in [9.17, 15) is 9.59 Å². The lowest BCUT2D eigenvalue weighted by Crippen LogP contribution is -2.42. The summed E-state index contributed by atoms with van der Waals surface area (Å²) in [4.78, 5) is 26.6. The summed E-state index contributed by atoms with van der Waals surface area (Å²) < 4.78 is 0. The molecule has 3 atom stereocenters. The van der Waals surface area contributed by atoms with Crippen LogP contribution in [0.3, 0.4) is 0 Å². The third-order valence-electron chi connectivity index (χ3n) is 7.32. The van der Waals surface area contributed by atoms with E-state index in [1.165, 1.54) is 30.4 Å². The van der Waals surface area contributed by atoms with Gasteiger partial charge in [0.05, 0.1) is 5.92 Å². The van der Waals surface area contributed by atoms with Crippen molar-refractivity contribution >= 4 is 11.8 Å². The molecule has 0 bridgehead atoms. The number of likely N-dealkylation sites (tertiary alicyclic amines) is 1. The Morgan fingerprint density at radius 3 is 2.44 bits per heavy atom. The maximum Gasteiger partial charge on any atom is 0.227 e. The van der Waals surface area contributed by atoms with Crippen molar-refractivity contribution in [1.29, 1.82) is 0 Å². The van der Waals surface area contributed by atoms with Gasteiger partial charge in [0.1, 0.15) is 0 Å². The lowest BCUT2D eigenvalue weighted by molar-refractivity contribution is -0.135. The molecule has 146 valence electrons. The molecule has 1 aliphatic heterocycles. The Hall–Kier alpha value is -1.84. The fourth-order valence-corrected chi connectivity index (χ4v) is 4.80. The van der Waals surface area contributed by atoms with E-state index in [0.29, 0.717) is 24.3 Å². The molecule has 1 N–H and O–H groups in total. The number of benzene rings is 1. The van der Waals surface area contributed by atoms with Crippen molar-refractivity contribution < 1.29 is 9.59 Å². The zero-order valence-corrected chi connectivity index (χ0v) is 16.9. The van der Waals surface area contributed by atoms with Crippen LogP contribution in [0.1, 0.15) is 64.0 Å². The molecule has 2 saturated carbocycles. The molecular weight excluding hydrogens is 336 g/mol. The number of nitrogens with one attached hydrogen (secondary N) is 1. The second kappa shape index (κ2) is 6.65. The minimum Gasteiger partial charge on any atom is -0.355 e. The number of amides is 2. The first-order valence-corrected chi connectivity index (χ1v) is 10.6. The van der Waals surface area contributed by atoms with Gasteiger partial charge in [-0.3, -0.25) is 9.59 Å². The molecule has 27 heavy (non-hydrogen) atoms. The van der Waals surface area contributed by atoms with Crippen molar-refractivity contribution in [2.24, 2.45) is 11.8 Å². The first-order valence-electron chi connectivity index (χ1n) is 10.6. The first-order chi connectivity index (χ1) is 12.9. The number of piperidine rings is 1. The highest BCUT2D eigenvalue weighted by atomic mass is 16.2. The SMILES string of the molecule is CCC(=O)NCC(CC)C(=O)N1CC2CC2(c2ccc(C3(C)CC3)cc2)C1. The largest absolute Gasteiger partial charge is 0.355 e. The van der Waals surface area contributed by atoms with Crippen LogP contribution in [0.5, 0.6) is 0 Å². The van der Waals surface area contributed by atoms with Gasteiger partial charge in [0.2, 0.25) is 11.8 Å². The van der Waals surface area contributed by atoms with E-state index >= 15 is 0 Å². The van der Waals surface area contributed by atoms with Gasteiger partial charge in [-0.1, -0.05) is 45.0 Å². The van der Waals surface area contributed by atoms with Gasteiger partial charge in [0, 0.05) is 31.5 Å². The second-order valence-electron chi connectivity index (χ2n) is 9.18. The van der Waals surface area contributed by atoms with Crippen molar-refractivity contribution in [2.45, 2.75) is 63.7 Å². The van der Waals surface area contributed by atoms with Crippen LogP contribution < -0.4 is 5.32 Å². The fourth-order valence-electron chi connectivity index (χ4n) is 4.80. The van der Waals surface area contributed by atoms with Crippen molar-refractivity contribution in [3.8, 4) is 0 Å². The molecule has 0 aromatic heterocycles. The summed E-state index contributed by atoms with van der Waals surface area (Å²) >= 11 is 0. The van der Waals surface area contributed by atoms with Gasteiger partial charge in [0.25, 0.3) is 0 Å². The molecule has 4 heteroatoms. The monoisotopic (exact) mass is 368 g/mol. The van der Waals surface area contributed by atoms with E-state index in [4.69, 9.17) is 0 Å². The molecule has 0 spiro atoms. The topological polar surface area (TPSA) is 49.4 Å². The summed E-state index contributed by atoms with van der Waals surface area (Å²) in [5.41, 5.74) is 3.46. The summed E-state index contributed by atoms with van der Waals surface area (Å²) in [6.45, 7) is 8.39. The maximum atomic E-state index is 13.0. The van der Waals surface area contributed by atoms with Crippen LogP contribution in [0.4, 0.5) is 0 Å². The summed E-state index contributed by atoms with van der Waals surface area (Å²) in [5.74, 6) is 0.729. The zero-order chi connectivity index (χ0) is 19.2. The van der Waals surface area contributed by atoms with Crippen LogP contribution in [0.15, 0.2) is 24.3 Å². The van der Waals surface area contributed by atoms with Crippen LogP contribution in [-0.2, 0) is 20.4 Å². The fraction of sp³-hybridized carbons (Fsp3) is 0.652. The molecule has 2 amide bonds. The molecule has 1 heterocycles. The Balaban J connectivity index is 1.40. The Kier molecular flexibility index (Phi) is 4.56. The summed E-state index contributed by atoms with van der Waals surface area (Å²) in [6, 6.07) is 9.25. The van der Waals surface area contributed by atoms with Crippen molar-refractivity contribution in [3.63, 3.8) is 0 Å². The van der Waals surface area contributed by atoms with Gasteiger partial charge >= 0.3 is 0 Å². The number of carbonyl (C=O) groups excluding carboxylic acids is 2. The lowest BCUT2D eigenvalue weighted by Gasteiger charge is -2.26. The number of hydrogen-bond acceptors (Lipinski definition) is 2. The molecule has 2 aliphatic carbocycles. The predicted molar refractivity (Wildman–Crippen MR) is 106 cm³/mol. The van der Waals surface area contributed by atoms with Crippen LogP contribution in [0.2, 0.25) is 0 Å². The Morgan fingerprint density at radius 2 is 1.85 bits per heavy atom. The molecule has 3 unspecified atom stereocenters. The van der Waals surface area contributed by atoms with Gasteiger partial charge in [-0.15, -0.1) is 0 Å². The maximum absolute atomic E-state index is 13.0. The van der Waals surface area contributed by atoms with E-state index in [0.717, 1.165) is 19.5 Å². The molecule has 4 rings (SSSR count). The molecule has 1 aromatic rings. The highest BCUT2D eigenvalue weighted by molar-refractivity contribution is 5.81. The number of nitrogens with zero attached hydrogens (tertiary/aromatic N) is 1. The minimum atomic E-state index is -0.104. The zero-order valence-electron chi connectivity index (χ0n) is 16.9. The predicted octanol–water partition coefficient (Wildman–Crippen LogP) is 3.39. The normalized spacial score (nSPS) is 28.4. The van der Waals surface area contributed by atoms with E-state index < -0.39 is 0 Å². The second-order valence-corrected chi connectivity index (χ2v) is 9.18. The van der Waals surface area contributed by atoms with E-state index in [2.05, 4.69) is 41.4 Å². The molecular formula is C23H32N2O2. The molecule has 3 aliphatic rings. The van der Waals surface area contributed by atoms with Gasteiger partial charge in [-0.2, -0.15) is 0 Å². The van der Waals surface area contributed by atoms with Gasteiger partial charge in [-0.25, -0.2) is 0 Å². The lowest BCUT2D eigenvalue weighted by atomic mass is 9.90. The van der Waals surface area contributed by atoms with E-state index in [1.807, 2.05) is 13.8 Å². The van der Waals surface area contributed by atoms with Crippen molar-refractivity contribution in [3.05, 3.63) is 35.4 Å². The molecule has 1 saturated heterocycles. The van der Waals surface area contributed by atoms with Gasteiger partial charge < -0.3 is 10.2 Å². The minimum absolute atomic E-state index is 0.0198. The average molecular weight is 369 g/mol. The molecule has 4 nitrogen and oxygen atoms in total. The standard InChI is InChI=1S/C23H32N2O2/c1-4-16(13-24-20(26)5-2)21(27)25-14-19-12-23(19,15-25)18-8-6-17(7-9-18)22(3)10-11-22/h6-9,16,19H,4-5,10-15H2,1-3H3,(H,24,26). The van der Waals surface area contributed by atoms with Crippen LogP contribution in [0, 0.1) is 11.8 Å². The molecule has 0 radical (unpaired) electrons. The summed E-state index contributed by atoms with van der Waals surface area (Å²) in [5, 5.41) is 2.89. The summed E-state index contributed by atoms with van der Waals surface area (Å²) in [6.07, 6.45) is 5.04. The van der Waals surface area contributed by atoms with E-state index in [-0.39, 0.29) is 23.1 Å². The number of hydrogen-bond donors (Lipinski definition) is 1. The molecule has 1 aromatic carbocycles. The van der Waals surface area contributed by atoms with Crippen LogP contribution in [-0.4, -0.2) is 36.3 Å². The number of carbonyl (C=O) groups is 2.